The minimum atomic E-state index is -1.24. The lowest BCUT2D eigenvalue weighted by molar-refractivity contribution is -0.0490. The van der Waals surface area contributed by atoms with Crippen molar-refractivity contribution >= 4 is 28.6 Å². The molecule has 0 aliphatic heterocycles. The van der Waals surface area contributed by atoms with Crippen molar-refractivity contribution in [3.05, 3.63) is 88.2 Å². The zero-order valence-corrected chi connectivity index (χ0v) is 21.4. The van der Waals surface area contributed by atoms with Crippen LogP contribution in [0, 0.1) is 17.5 Å². The van der Waals surface area contributed by atoms with Crippen LogP contribution in [0.1, 0.15) is 61.1 Å². The average Bonchev–Trinajstić information content (AvgIpc) is 3.27. The van der Waals surface area contributed by atoms with E-state index >= 15 is 4.39 Å². The molecule has 5 rings (SSSR count). The molecule has 1 fully saturated rings. The third kappa shape index (κ3) is 4.56. The molecule has 1 aliphatic rings. The Kier molecular flexibility index (Phi) is 7.20. The fourth-order valence-corrected chi connectivity index (χ4v) is 5.78. The Morgan fingerprint density at radius 1 is 1.03 bits per heavy atom. The summed E-state index contributed by atoms with van der Waals surface area (Å²) in [6.45, 7) is 2.05. The first-order valence-corrected chi connectivity index (χ1v) is 12.9. The molecule has 0 bridgehead atoms. The Morgan fingerprint density at radius 3 is 2.34 bits per heavy atom. The van der Waals surface area contributed by atoms with Crippen LogP contribution in [0.5, 0.6) is 0 Å². The van der Waals surface area contributed by atoms with E-state index in [1.165, 1.54) is 12.1 Å². The molecule has 5 nitrogen and oxygen atoms in total. The van der Waals surface area contributed by atoms with Crippen molar-refractivity contribution < 1.29 is 27.8 Å². The van der Waals surface area contributed by atoms with Crippen LogP contribution in [0.4, 0.5) is 13.2 Å². The van der Waals surface area contributed by atoms with E-state index in [0.717, 1.165) is 37.5 Å². The lowest BCUT2D eigenvalue weighted by Gasteiger charge is -2.46. The number of carbonyl (C=O) groups is 1. The van der Waals surface area contributed by atoms with Crippen molar-refractivity contribution in [2.24, 2.45) is 0 Å². The molecule has 0 saturated heterocycles. The molecule has 0 radical (unpaired) electrons. The van der Waals surface area contributed by atoms with Gasteiger partial charge in [-0.1, -0.05) is 36.9 Å². The molecule has 4 aromatic rings. The molecule has 1 aromatic heterocycles. The van der Waals surface area contributed by atoms with Gasteiger partial charge < -0.3 is 14.4 Å². The Bertz CT molecular complexity index is 1500. The standard InChI is InChI=1S/C29H26ClF3N2O3/c1-2-38-26(20-11-8-18(28(36)37)14-21(20)31)29(12-4-3-5-13-29)35-25-16-23(33)22(32)15-24(25)34-27(35)17-6-9-19(30)10-7-17/h6-11,14-16,26H,2-5,12-13H2,1H3,(H,36,37). The van der Waals surface area contributed by atoms with Crippen molar-refractivity contribution in [2.45, 2.75) is 50.7 Å². The maximum atomic E-state index is 15.6. The van der Waals surface area contributed by atoms with Gasteiger partial charge in [0.15, 0.2) is 11.6 Å². The highest BCUT2D eigenvalue weighted by Gasteiger charge is 2.46. The maximum Gasteiger partial charge on any atom is 0.335 e. The van der Waals surface area contributed by atoms with Crippen LogP contribution in [-0.4, -0.2) is 27.2 Å². The summed E-state index contributed by atoms with van der Waals surface area (Å²) >= 11 is 6.13. The van der Waals surface area contributed by atoms with Gasteiger partial charge in [0.25, 0.3) is 0 Å². The predicted octanol–water partition coefficient (Wildman–Crippen LogP) is 7.91. The van der Waals surface area contributed by atoms with E-state index < -0.39 is 35.1 Å². The summed E-state index contributed by atoms with van der Waals surface area (Å²) in [4.78, 5) is 16.2. The number of rotatable bonds is 7. The number of nitrogens with zero attached hydrogens (tertiary/aromatic N) is 2. The van der Waals surface area contributed by atoms with E-state index in [1.807, 2.05) is 4.57 Å². The quantitative estimate of drug-likeness (QED) is 0.258. The molecular weight excluding hydrogens is 517 g/mol. The van der Waals surface area contributed by atoms with E-state index in [-0.39, 0.29) is 23.3 Å². The molecule has 1 saturated carbocycles. The molecule has 0 spiro atoms. The Morgan fingerprint density at radius 2 is 1.71 bits per heavy atom. The van der Waals surface area contributed by atoms with Gasteiger partial charge in [-0.2, -0.15) is 0 Å². The summed E-state index contributed by atoms with van der Waals surface area (Å²) < 4.78 is 52.7. The van der Waals surface area contributed by atoms with Crippen molar-refractivity contribution in [3.8, 4) is 11.4 Å². The summed E-state index contributed by atoms with van der Waals surface area (Å²) in [6.07, 6.45) is 2.80. The lowest BCUT2D eigenvalue weighted by atomic mass is 9.74. The molecule has 1 aliphatic carbocycles. The molecule has 198 valence electrons. The van der Waals surface area contributed by atoms with Gasteiger partial charge in [0.2, 0.25) is 0 Å². The third-order valence-electron chi connectivity index (χ3n) is 7.31. The number of imidazole rings is 1. The van der Waals surface area contributed by atoms with Crippen LogP contribution in [-0.2, 0) is 10.3 Å². The Hall–Kier alpha value is -3.36. The van der Waals surface area contributed by atoms with Crippen LogP contribution < -0.4 is 0 Å². The van der Waals surface area contributed by atoms with Crippen LogP contribution in [0.15, 0.2) is 54.6 Å². The number of carboxylic acids is 1. The van der Waals surface area contributed by atoms with Gasteiger partial charge >= 0.3 is 5.97 Å². The molecular formula is C29H26ClF3N2O3. The predicted molar refractivity (Wildman–Crippen MR) is 139 cm³/mol. The van der Waals surface area contributed by atoms with E-state index in [9.17, 15) is 18.7 Å². The second-order valence-electron chi connectivity index (χ2n) is 9.57. The second kappa shape index (κ2) is 10.4. The van der Waals surface area contributed by atoms with Crippen LogP contribution in [0.3, 0.4) is 0 Å². The first kappa shape index (κ1) is 26.3. The molecule has 9 heteroatoms. The maximum absolute atomic E-state index is 15.6. The normalized spacial score (nSPS) is 16.0. The summed E-state index contributed by atoms with van der Waals surface area (Å²) in [7, 11) is 0. The summed E-state index contributed by atoms with van der Waals surface area (Å²) in [5.41, 5.74) is 0.400. The number of carboxylic acid groups (broad SMARTS) is 1. The minimum absolute atomic E-state index is 0.174. The van der Waals surface area contributed by atoms with Gasteiger partial charge in [0.05, 0.1) is 22.1 Å². The van der Waals surface area contributed by atoms with Crippen LogP contribution in [0.2, 0.25) is 5.02 Å². The summed E-state index contributed by atoms with van der Waals surface area (Å²) in [5, 5.41) is 9.88. The van der Waals surface area contributed by atoms with Gasteiger partial charge in [-0.15, -0.1) is 0 Å². The largest absolute Gasteiger partial charge is 0.478 e. The first-order chi connectivity index (χ1) is 18.2. The Balaban J connectivity index is 1.82. The van der Waals surface area contributed by atoms with Crippen molar-refractivity contribution in [1.82, 2.24) is 9.55 Å². The molecule has 1 atom stereocenters. The lowest BCUT2D eigenvalue weighted by Crippen LogP contribution is -2.43. The molecule has 38 heavy (non-hydrogen) atoms. The van der Waals surface area contributed by atoms with Gasteiger partial charge in [-0.3, -0.25) is 0 Å². The number of aromatic nitrogens is 2. The number of hydrogen-bond acceptors (Lipinski definition) is 3. The zero-order valence-electron chi connectivity index (χ0n) is 20.7. The Labute approximate surface area is 222 Å². The van der Waals surface area contributed by atoms with Gasteiger partial charge in [0.1, 0.15) is 17.7 Å². The number of hydrogen-bond donors (Lipinski definition) is 1. The highest BCUT2D eigenvalue weighted by Crippen LogP contribution is 2.50. The van der Waals surface area contributed by atoms with Crippen molar-refractivity contribution in [2.75, 3.05) is 6.61 Å². The fraction of sp³-hybridized carbons (Fsp3) is 0.310. The van der Waals surface area contributed by atoms with Gasteiger partial charge in [-0.25, -0.2) is 22.9 Å². The zero-order chi connectivity index (χ0) is 27.0. The second-order valence-corrected chi connectivity index (χ2v) is 10.0. The highest BCUT2D eigenvalue weighted by atomic mass is 35.5. The smallest absolute Gasteiger partial charge is 0.335 e. The monoisotopic (exact) mass is 542 g/mol. The fourth-order valence-electron chi connectivity index (χ4n) is 5.66. The minimum Gasteiger partial charge on any atom is -0.478 e. The van der Waals surface area contributed by atoms with Crippen molar-refractivity contribution in [1.29, 1.82) is 0 Å². The van der Waals surface area contributed by atoms with Crippen molar-refractivity contribution in [3.63, 3.8) is 0 Å². The van der Waals surface area contributed by atoms with E-state index in [2.05, 4.69) is 0 Å². The van der Waals surface area contributed by atoms with E-state index in [1.54, 1.807) is 31.2 Å². The van der Waals surface area contributed by atoms with E-state index in [4.69, 9.17) is 21.3 Å². The van der Waals surface area contributed by atoms with Crippen LogP contribution in [0.25, 0.3) is 22.4 Å². The summed E-state index contributed by atoms with van der Waals surface area (Å²) in [6, 6.07) is 12.9. The first-order valence-electron chi connectivity index (χ1n) is 12.5. The van der Waals surface area contributed by atoms with Gasteiger partial charge in [-0.05, 0) is 56.2 Å². The third-order valence-corrected chi connectivity index (χ3v) is 7.57. The van der Waals surface area contributed by atoms with Crippen LogP contribution >= 0.6 is 11.6 Å². The molecule has 0 amide bonds. The number of fused-ring (bicyclic) bond motifs is 1. The number of benzene rings is 3. The molecule has 1 unspecified atom stereocenters. The number of halogens is 4. The topological polar surface area (TPSA) is 64.3 Å². The average molecular weight is 543 g/mol. The van der Waals surface area contributed by atoms with E-state index in [0.29, 0.717) is 34.8 Å². The van der Waals surface area contributed by atoms with Gasteiger partial charge in [0, 0.05) is 34.9 Å². The SMILES string of the molecule is CCOC(c1ccc(C(=O)O)cc1F)C1(n2c(-c3ccc(Cl)cc3)nc3cc(F)c(F)cc32)CCCCC1. The number of ether oxygens (including phenoxy) is 1. The highest BCUT2D eigenvalue weighted by molar-refractivity contribution is 6.30. The number of aromatic carboxylic acids is 1. The summed E-state index contributed by atoms with van der Waals surface area (Å²) in [5.74, 6) is -3.52. The molecule has 1 N–H and O–H groups in total. The molecule has 3 aromatic carbocycles. The molecule has 1 heterocycles.